The number of likely N-dealkylation sites (tertiary alicyclic amines) is 1. The van der Waals surface area contributed by atoms with Crippen LogP contribution in [0.5, 0.6) is 0 Å². The third kappa shape index (κ3) is 4.66. The van der Waals surface area contributed by atoms with Crippen molar-refractivity contribution in [3.8, 4) is 0 Å². The summed E-state index contributed by atoms with van der Waals surface area (Å²) >= 11 is 0. The number of nitrogens with zero attached hydrogens (tertiary/aromatic N) is 1. The van der Waals surface area contributed by atoms with E-state index < -0.39 is 0 Å². The Morgan fingerprint density at radius 3 is 2.44 bits per heavy atom. The third-order valence-corrected chi connectivity index (χ3v) is 5.85. The Bertz CT molecular complexity index is 802. The minimum absolute atomic E-state index is 0.0214. The van der Waals surface area contributed by atoms with Crippen LogP contribution >= 0.6 is 0 Å². The minimum atomic E-state index is -0.206. The van der Waals surface area contributed by atoms with E-state index in [2.05, 4.69) is 35.8 Å². The molecule has 1 aromatic heterocycles. The van der Waals surface area contributed by atoms with Gasteiger partial charge >= 0.3 is 0 Å². The number of Topliss-reactive ketones (excluding diaryl/α,β-unsaturated/α-hetero) is 1. The molecule has 0 unspecified atom stereocenters. The van der Waals surface area contributed by atoms with Crippen molar-refractivity contribution in [3.05, 3.63) is 58.9 Å². The molecule has 144 valence electrons. The van der Waals surface area contributed by atoms with E-state index in [1.54, 1.807) is 0 Å². The van der Waals surface area contributed by atoms with Crippen LogP contribution in [0.2, 0.25) is 0 Å². The van der Waals surface area contributed by atoms with Crippen LogP contribution in [0.25, 0.3) is 0 Å². The van der Waals surface area contributed by atoms with Gasteiger partial charge in [-0.15, -0.1) is 0 Å². The maximum absolute atomic E-state index is 12.9. The second kappa shape index (κ2) is 8.53. The van der Waals surface area contributed by atoms with Gasteiger partial charge in [0, 0.05) is 42.3 Å². The van der Waals surface area contributed by atoms with Gasteiger partial charge in [-0.2, -0.15) is 0 Å². The van der Waals surface area contributed by atoms with Gasteiger partial charge in [0.1, 0.15) is 6.54 Å². The summed E-state index contributed by atoms with van der Waals surface area (Å²) in [6, 6.07) is 12.4. The molecule has 1 fully saturated rings. The third-order valence-electron chi connectivity index (χ3n) is 5.85. The molecule has 2 heterocycles. The molecule has 0 atom stereocenters. The molecule has 1 aromatic carbocycles. The average Bonchev–Trinajstić information content (AvgIpc) is 2.95. The monoisotopic (exact) mass is 368 g/mol. The van der Waals surface area contributed by atoms with Crippen LogP contribution in [-0.4, -0.2) is 35.9 Å². The zero-order valence-corrected chi connectivity index (χ0v) is 16.3. The molecule has 1 amide bonds. The molecule has 0 bridgehead atoms. The molecule has 0 aliphatic carbocycles. The van der Waals surface area contributed by atoms with Crippen molar-refractivity contribution < 1.29 is 14.5 Å². The van der Waals surface area contributed by atoms with Crippen LogP contribution in [0, 0.1) is 19.8 Å². The van der Waals surface area contributed by atoms with E-state index in [1.807, 2.05) is 19.1 Å². The molecule has 5 nitrogen and oxygen atoms in total. The summed E-state index contributed by atoms with van der Waals surface area (Å²) in [4.78, 5) is 25.4. The lowest BCUT2D eigenvalue weighted by atomic mass is 9.96. The molecular formula is C22H30N3O2+. The number of primary amides is 1. The summed E-state index contributed by atoms with van der Waals surface area (Å²) in [6.45, 7) is 7.17. The topological polar surface area (TPSA) is 69.5 Å². The van der Waals surface area contributed by atoms with Gasteiger partial charge in [-0.05, 0) is 31.9 Å². The Hall–Kier alpha value is -2.40. The van der Waals surface area contributed by atoms with Crippen molar-refractivity contribution in [2.75, 3.05) is 19.6 Å². The molecule has 3 rings (SSSR count). The number of piperidine rings is 1. The summed E-state index contributed by atoms with van der Waals surface area (Å²) < 4.78 is 2.24. The van der Waals surface area contributed by atoms with Crippen LogP contribution in [0.1, 0.15) is 40.2 Å². The zero-order valence-electron chi connectivity index (χ0n) is 16.3. The smallest absolute Gasteiger partial charge is 0.220 e. The molecule has 27 heavy (non-hydrogen) atoms. The number of nitrogens with two attached hydrogens (primary N) is 1. The van der Waals surface area contributed by atoms with Gasteiger partial charge in [0.15, 0.2) is 0 Å². The molecule has 0 spiro atoms. The zero-order chi connectivity index (χ0) is 19.4. The normalized spacial score (nSPS) is 19.8. The van der Waals surface area contributed by atoms with Crippen LogP contribution < -0.4 is 10.6 Å². The van der Waals surface area contributed by atoms with E-state index in [1.165, 1.54) is 10.5 Å². The summed E-state index contributed by atoms with van der Waals surface area (Å²) in [5, 5.41) is 0. The van der Waals surface area contributed by atoms with Crippen LogP contribution in [0.15, 0.2) is 36.4 Å². The Kier molecular flexibility index (Phi) is 6.11. The van der Waals surface area contributed by atoms with Crippen molar-refractivity contribution in [1.29, 1.82) is 0 Å². The van der Waals surface area contributed by atoms with Gasteiger partial charge in [-0.25, -0.2) is 0 Å². The van der Waals surface area contributed by atoms with E-state index in [-0.39, 0.29) is 17.6 Å². The molecule has 5 heteroatoms. The van der Waals surface area contributed by atoms with Crippen molar-refractivity contribution >= 4 is 11.7 Å². The fourth-order valence-electron chi connectivity index (χ4n) is 4.12. The number of hydrogen-bond donors (Lipinski definition) is 2. The number of hydrogen-bond acceptors (Lipinski definition) is 2. The highest BCUT2D eigenvalue weighted by molar-refractivity contribution is 5.98. The van der Waals surface area contributed by atoms with Gasteiger partial charge < -0.3 is 15.2 Å². The summed E-state index contributed by atoms with van der Waals surface area (Å²) in [5.74, 6) is -0.0316. The van der Waals surface area contributed by atoms with Gasteiger partial charge in [-0.1, -0.05) is 30.3 Å². The molecule has 1 aliphatic heterocycles. The van der Waals surface area contributed by atoms with E-state index in [9.17, 15) is 9.59 Å². The molecule has 3 N–H and O–H groups in total. The van der Waals surface area contributed by atoms with E-state index >= 15 is 0 Å². The predicted octanol–water partition coefficient (Wildman–Crippen LogP) is 1.31. The molecule has 0 radical (unpaired) electrons. The van der Waals surface area contributed by atoms with Crippen molar-refractivity contribution in [2.45, 2.75) is 39.7 Å². The number of quaternary nitrogens is 1. The van der Waals surface area contributed by atoms with Crippen LogP contribution in [0.4, 0.5) is 0 Å². The minimum Gasteiger partial charge on any atom is -0.369 e. The van der Waals surface area contributed by atoms with E-state index in [0.717, 1.165) is 55.8 Å². The number of carbonyl (C=O) groups excluding carboxylic acids is 2. The lowest BCUT2D eigenvalue weighted by molar-refractivity contribution is -0.897. The Morgan fingerprint density at radius 2 is 1.81 bits per heavy atom. The summed E-state index contributed by atoms with van der Waals surface area (Å²) in [6.07, 6.45) is 2.53. The van der Waals surface area contributed by atoms with Gasteiger partial charge in [-0.3, -0.25) is 9.59 Å². The first kappa shape index (κ1) is 19.4. The molecule has 2 aromatic rings. The Balaban J connectivity index is 1.61. The maximum Gasteiger partial charge on any atom is 0.220 e. The second-order valence-corrected chi connectivity index (χ2v) is 7.70. The summed E-state index contributed by atoms with van der Waals surface area (Å²) in [5.41, 5.74) is 9.73. The quantitative estimate of drug-likeness (QED) is 0.724. The fraction of sp³-hybridized carbons (Fsp3) is 0.455. The van der Waals surface area contributed by atoms with Gasteiger partial charge in [0.05, 0.1) is 13.1 Å². The number of ketones is 1. The van der Waals surface area contributed by atoms with E-state index in [0.29, 0.717) is 6.54 Å². The predicted molar refractivity (Wildman–Crippen MR) is 106 cm³/mol. The molecule has 1 aliphatic rings. The first-order valence-corrected chi connectivity index (χ1v) is 9.82. The second-order valence-electron chi connectivity index (χ2n) is 7.70. The van der Waals surface area contributed by atoms with Gasteiger partial charge in [0.2, 0.25) is 11.7 Å². The number of benzene rings is 1. The fourth-order valence-corrected chi connectivity index (χ4v) is 4.12. The van der Waals surface area contributed by atoms with Crippen LogP contribution in [-0.2, 0) is 17.8 Å². The molecular weight excluding hydrogens is 338 g/mol. The number of aryl methyl sites for hydroxylation is 2. The number of amides is 1. The average molecular weight is 369 g/mol. The maximum atomic E-state index is 12.9. The highest BCUT2D eigenvalue weighted by Crippen LogP contribution is 2.17. The van der Waals surface area contributed by atoms with Crippen molar-refractivity contribution in [3.63, 3.8) is 0 Å². The lowest BCUT2D eigenvalue weighted by Crippen LogP contribution is -3.14. The first-order valence-electron chi connectivity index (χ1n) is 9.82. The highest BCUT2D eigenvalue weighted by atomic mass is 16.1. The Labute approximate surface area is 161 Å². The van der Waals surface area contributed by atoms with Crippen molar-refractivity contribution in [2.24, 2.45) is 11.7 Å². The first-order chi connectivity index (χ1) is 13.0. The van der Waals surface area contributed by atoms with E-state index in [4.69, 9.17) is 5.73 Å². The number of carbonyl (C=O) groups is 2. The SMILES string of the molecule is Cc1cc(C(=O)C[NH+]2CCC(C(N)=O)CC2)c(C)n1CCc1ccccc1. The molecule has 1 saturated heterocycles. The number of aromatic nitrogens is 1. The van der Waals surface area contributed by atoms with Crippen molar-refractivity contribution in [1.82, 2.24) is 4.57 Å². The standard InChI is InChI=1S/C22H29N3O2/c1-16-14-20(17(2)25(16)13-8-18-6-4-3-5-7-18)21(26)15-24-11-9-19(10-12-24)22(23)27/h3-7,14,19H,8-13,15H2,1-2H3,(H2,23,27)/p+1. The number of nitrogens with one attached hydrogen (secondary N) is 1. The number of rotatable bonds is 7. The van der Waals surface area contributed by atoms with Gasteiger partial charge in [0.25, 0.3) is 0 Å². The molecule has 0 saturated carbocycles. The summed E-state index contributed by atoms with van der Waals surface area (Å²) in [7, 11) is 0. The highest BCUT2D eigenvalue weighted by Gasteiger charge is 2.28. The van der Waals surface area contributed by atoms with Crippen LogP contribution in [0.3, 0.4) is 0 Å². The lowest BCUT2D eigenvalue weighted by Gasteiger charge is -2.27. The Morgan fingerprint density at radius 1 is 1.15 bits per heavy atom. The largest absolute Gasteiger partial charge is 0.369 e.